The van der Waals surface area contributed by atoms with E-state index in [9.17, 15) is 8.76 Å². The van der Waals surface area contributed by atoms with Gasteiger partial charge in [0.15, 0.2) is 0 Å². The standard InChI is InChI=1S/C11H16O2S/c1-3-10-4-5-11(9(2)8-10)6-7-14(12)13/h4-5,8H,3,6-7H2,1-2H3,(H,12,13)/p-1. The lowest BCUT2D eigenvalue weighted by Crippen LogP contribution is -2.01. The first-order valence-electron chi connectivity index (χ1n) is 4.77. The van der Waals surface area contributed by atoms with E-state index in [4.69, 9.17) is 0 Å². The highest BCUT2D eigenvalue weighted by atomic mass is 32.2. The van der Waals surface area contributed by atoms with Crippen LogP contribution in [0.25, 0.3) is 0 Å². The van der Waals surface area contributed by atoms with Gasteiger partial charge in [0.05, 0.1) is 0 Å². The average molecular weight is 211 g/mol. The van der Waals surface area contributed by atoms with Crippen molar-refractivity contribution < 1.29 is 8.76 Å². The maximum Gasteiger partial charge on any atom is 0.0142 e. The Labute approximate surface area is 87.6 Å². The van der Waals surface area contributed by atoms with Crippen LogP contribution in [0.3, 0.4) is 0 Å². The molecular weight excluding hydrogens is 196 g/mol. The average Bonchev–Trinajstić information content (AvgIpc) is 2.15. The second-order valence-corrected chi connectivity index (χ2v) is 4.39. The fraction of sp³-hybridized carbons (Fsp3) is 0.455. The van der Waals surface area contributed by atoms with Gasteiger partial charge < -0.3 is 4.55 Å². The number of rotatable bonds is 4. The maximum absolute atomic E-state index is 10.4. The lowest BCUT2D eigenvalue weighted by atomic mass is 10.0. The van der Waals surface area contributed by atoms with Gasteiger partial charge in [-0.15, -0.1) is 0 Å². The SMILES string of the molecule is CCc1ccc(CCS(=O)[O-])c(C)c1. The maximum atomic E-state index is 10.4. The molecule has 3 heteroatoms. The molecule has 1 aromatic rings. The number of aryl methyl sites for hydroxylation is 3. The molecule has 0 radical (unpaired) electrons. The molecule has 0 bridgehead atoms. The van der Waals surface area contributed by atoms with E-state index in [-0.39, 0.29) is 5.75 Å². The van der Waals surface area contributed by atoms with E-state index >= 15 is 0 Å². The topological polar surface area (TPSA) is 40.1 Å². The van der Waals surface area contributed by atoms with Crippen molar-refractivity contribution in [2.45, 2.75) is 26.7 Å². The minimum atomic E-state index is -1.93. The molecular formula is C11H15O2S-. The molecule has 0 amide bonds. The van der Waals surface area contributed by atoms with Crippen molar-refractivity contribution in [3.63, 3.8) is 0 Å². The van der Waals surface area contributed by atoms with Crippen LogP contribution < -0.4 is 0 Å². The van der Waals surface area contributed by atoms with E-state index in [0.717, 1.165) is 12.0 Å². The molecule has 1 unspecified atom stereocenters. The van der Waals surface area contributed by atoms with Gasteiger partial charge in [-0.05, 0) is 36.5 Å². The van der Waals surface area contributed by atoms with Crippen LogP contribution >= 0.6 is 0 Å². The summed E-state index contributed by atoms with van der Waals surface area (Å²) in [4.78, 5) is 0. The summed E-state index contributed by atoms with van der Waals surface area (Å²) in [7, 11) is 0. The molecule has 0 fully saturated rings. The van der Waals surface area contributed by atoms with Crippen molar-refractivity contribution >= 4 is 11.1 Å². The van der Waals surface area contributed by atoms with E-state index in [1.165, 1.54) is 11.1 Å². The summed E-state index contributed by atoms with van der Waals surface area (Å²) in [5, 5.41) is 0. The summed E-state index contributed by atoms with van der Waals surface area (Å²) in [6.07, 6.45) is 1.64. The molecule has 0 aliphatic carbocycles. The monoisotopic (exact) mass is 211 g/mol. The predicted octanol–water partition coefficient (Wildman–Crippen LogP) is 1.98. The molecule has 0 spiro atoms. The van der Waals surface area contributed by atoms with Crippen LogP contribution in [0.1, 0.15) is 23.6 Å². The van der Waals surface area contributed by atoms with Gasteiger partial charge in [-0.25, -0.2) is 0 Å². The Morgan fingerprint density at radius 1 is 1.43 bits per heavy atom. The van der Waals surface area contributed by atoms with Crippen molar-refractivity contribution in [3.05, 3.63) is 34.9 Å². The van der Waals surface area contributed by atoms with Crippen LogP contribution in [0.2, 0.25) is 0 Å². The first-order chi connectivity index (χ1) is 6.63. The third-order valence-electron chi connectivity index (χ3n) is 2.35. The first-order valence-corrected chi connectivity index (χ1v) is 6.02. The van der Waals surface area contributed by atoms with Crippen LogP contribution in [0.5, 0.6) is 0 Å². The van der Waals surface area contributed by atoms with Gasteiger partial charge in [-0.2, -0.15) is 0 Å². The zero-order chi connectivity index (χ0) is 10.6. The van der Waals surface area contributed by atoms with Gasteiger partial charge in [-0.3, -0.25) is 4.21 Å². The molecule has 0 saturated carbocycles. The Kier molecular flexibility index (Phi) is 4.29. The molecule has 0 aromatic heterocycles. The zero-order valence-electron chi connectivity index (χ0n) is 8.58. The molecule has 0 aliphatic rings. The summed E-state index contributed by atoms with van der Waals surface area (Å²) < 4.78 is 20.8. The highest BCUT2D eigenvalue weighted by molar-refractivity contribution is 7.79. The summed E-state index contributed by atoms with van der Waals surface area (Å²) in [5.74, 6) is 0.215. The summed E-state index contributed by atoms with van der Waals surface area (Å²) >= 11 is -1.93. The quantitative estimate of drug-likeness (QED) is 0.714. The Hall–Kier alpha value is -0.670. The van der Waals surface area contributed by atoms with Crippen molar-refractivity contribution in [2.75, 3.05) is 5.75 Å². The molecule has 78 valence electrons. The summed E-state index contributed by atoms with van der Waals surface area (Å²) in [6.45, 7) is 4.14. The fourth-order valence-electron chi connectivity index (χ4n) is 1.45. The Morgan fingerprint density at radius 3 is 2.64 bits per heavy atom. The second-order valence-electron chi connectivity index (χ2n) is 3.37. The van der Waals surface area contributed by atoms with Gasteiger partial charge in [0, 0.05) is 5.75 Å². The number of benzene rings is 1. The highest BCUT2D eigenvalue weighted by Crippen LogP contribution is 2.12. The van der Waals surface area contributed by atoms with E-state index in [1.54, 1.807) is 0 Å². The molecule has 1 atom stereocenters. The van der Waals surface area contributed by atoms with E-state index < -0.39 is 11.1 Å². The molecule has 0 N–H and O–H groups in total. The second kappa shape index (κ2) is 5.27. The largest absolute Gasteiger partial charge is 0.772 e. The zero-order valence-corrected chi connectivity index (χ0v) is 9.39. The molecule has 1 rings (SSSR count). The summed E-state index contributed by atoms with van der Waals surface area (Å²) in [6, 6.07) is 6.22. The van der Waals surface area contributed by atoms with Gasteiger partial charge in [-0.1, -0.05) is 36.2 Å². The summed E-state index contributed by atoms with van der Waals surface area (Å²) in [5.41, 5.74) is 3.62. The molecule has 0 heterocycles. The van der Waals surface area contributed by atoms with Crippen LogP contribution in [-0.2, 0) is 23.9 Å². The van der Waals surface area contributed by atoms with E-state index in [0.29, 0.717) is 6.42 Å². The minimum Gasteiger partial charge on any atom is -0.772 e. The molecule has 0 aliphatic heterocycles. The first kappa shape index (κ1) is 11.4. The van der Waals surface area contributed by atoms with Crippen molar-refractivity contribution in [2.24, 2.45) is 0 Å². The van der Waals surface area contributed by atoms with Crippen molar-refractivity contribution in [3.8, 4) is 0 Å². The third-order valence-corrected chi connectivity index (χ3v) is 2.89. The smallest absolute Gasteiger partial charge is 0.0142 e. The normalized spacial score (nSPS) is 12.8. The highest BCUT2D eigenvalue weighted by Gasteiger charge is 1.99. The molecule has 0 saturated heterocycles. The van der Waals surface area contributed by atoms with E-state index in [2.05, 4.69) is 19.1 Å². The van der Waals surface area contributed by atoms with Crippen molar-refractivity contribution in [1.82, 2.24) is 0 Å². The number of hydrogen-bond donors (Lipinski definition) is 0. The minimum absolute atomic E-state index is 0.215. The number of hydrogen-bond acceptors (Lipinski definition) is 2. The van der Waals surface area contributed by atoms with Crippen LogP contribution in [-0.4, -0.2) is 14.5 Å². The van der Waals surface area contributed by atoms with Crippen LogP contribution in [0.15, 0.2) is 18.2 Å². The predicted molar refractivity (Wildman–Crippen MR) is 58.0 cm³/mol. The Bertz CT molecular complexity index is 334. The van der Waals surface area contributed by atoms with Crippen LogP contribution in [0, 0.1) is 6.92 Å². The van der Waals surface area contributed by atoms with Gasteiger partial charge >= 0.3 is 0 Å². The van der Waals surface area contributed by atoms with Gasteiger partial charge in [0.1, 0.15) is 0 Å². The lowest BCUT2D eigenvalue weighted by Gasteiger charge is -2.09. The van der Waals surface area contributed by atoms with E-state index in [1.807, 2.05) is 13.0 Å². The molecule has 2 nitrogen and oxygen atoms in total. The molecule has 1 aromatic carbocycles. The Morgan fingerprint density at radius 2 is 2.14 bits per heavy atom. The Balaban J connectivity index is 2.73. The lowest BCUT2D eigenvalue weighted by molar-refractivity contribution is 0.536. The third kappa shape index (κ3) is 3.24. The van der Waals surface area contributed by atoms with Crippen molar-refractivity contribution in [1.29, 1.82) is 0 Å². The fourth-order valence-corrected chi connectivity index (χ4v) is 1.84. The van der Waals surface area contributed by atoms with Gasteiger partial charge in [0.25, 0.3) is 0 Å². The molecule has 14 heavy (non-hydrogen) atoms. The van der Waals surface area contributed by atoms with Gasteiger partial charge in [0.2, 0.25) is 0 Å². The van der Waals surface area contributed by atoms with Crippen LogP contribution in [0.4, 0.5) is 0 Å².